The number of aromatic amines is 1. The van der Waals surface area contributed by atoms with Crippen molar-refractivity contribution >= 4 is 35.8 Å². The van der Waals surface area contributed by atoms with E-state index in [1.165, 1.54) is 0 Å². The van der Waals surface area contributed by atoms with E-state index < -0.39 is 0 Å². The standard InChI is InChI=1S/C17H25N7O2.HI/c1-3-18-17(24-10-8-23(9-11-24)13(2)25)19-7-6-15-20-16(22-21-15)14-5-4-12-26-14;/h4-5,12H,3,6-11H2,1-2H3,(H,18,19)(H,20,21,22);1H. The predicted octanol–water partition coefficient (Wildman–Crippen LogP) is 1.35. The molecule has 27 heavy (non-hydrogen) atoms. The van der Waals surface area contributed by atoms with Crippen LogP contribution in [0.5, 0.6) is 0 Å². The second-order valence-electron chi connectivity index (χ2n) is 6.06. The van der Waals surface area contributed by atoms with Crippen LogP contribution < -0.4 is 5.32 Å². The second kappa shape index (κ2) is 10.3. The minimum atomic E-state index is 0. The average Bonchev–Trinajstić information content (AvgIpc) is 3.32. The van der Waals surface area contributed by atoms with E-state index in [1.54, 1.807) is 13.2 Å². The predicted molar refractivity (Wildman–Crippen MR) is 113 cm³/mol. The number of nitrogens with zero attached hydrogens (tertiary/aromatic N) is 5. The lowest BCUT2D eigenvalue weighted by Gasteiger charge is -2.36. The van der Waals surface area contributed by atoms with Crippen molar-refractivity contribution in [2.24, 2.45) is 4.99 Å². The molecule has 0 bridgehead atoms. The molecule has 1 saturated heterocycles. The fourth-order valence-electron chi connectivity index (χ4n) is 2.85. The third-order valence-electron chi connectivity index (χ3n) is 4.24. The Kier molecular flexibility index (Phi) is 8.07. The number of rotatable bonds is 5. The molecule has 2 aromatic heterocycles. The van der Waals surface area contributed by atoms with Crippen LogP contribution in [-0.2, 0) is 11.2 Å². The van der Waals surface area contributed by atoms with Crippen LogP contribution in [0.3, 0.4) is 0 Å². The molecule has 0 unspecified atom stereocenters. The molecule has 0 radical (unpaired) electrons. The zero-order valence-corrected chi connectivity index (χ0v) is 18.0. The van der Waals surface area contributed by atoms with Gasteiger partial charge in [0.15, 0.2) is 11.7 Å². The Morgan fingerprint density at radius 2 is 2.07 bits per heavy atom. The van der Waals surface area contributed by atoms with Gasteiger partial charge < -0.3 is 19.5 Å². The van der Waals surface area contributed by atoms with Gasteiger partial charge in [-0.05, 0) is 19.1 Å². The van der Waals surface area contributed by atoms with Gasteiger partial charge in [-0.15, -0.1) is 24.0 Å². The van der Waals surface area contributed by atoms with Crippen molar-refractivity contribution in [1.29, 1.82) is 0 Å². The molecule has 0 spiro atoms. The van der Waals surface area contributed by atoms with Gasteiger partial charge in [0.25, 0.3) is 0 Å². The van der Waals surface area contributed by atoms with Gasteiger partial charge in [-0.1, -0.05) is 0 Å². The Morgan fingerprint density at radius 1 is 1.33 bits per heavy atom. The summed E-state index contributed by atoms with van der Waals surface area (Å²) in [6, 6.07) is 3.64. The highest BCUT2D eigenvalue weighted by molar-refractivity contribution is 14.0. The summed E-state index contributed by atoms with van der Waals surface area (Å²) < 4.78 is 5.30. The van der Waals surface area contributed by atoms with Crippen molar-refractivity contribution < 1.29 is 9.21 Å². The summed E-state index contributed by atoms with van der Waals surface area (Å²) in [7, 11) is 0. The van der Waals surface area contributed by atoms with Crippen molar-refractivity contribution in [3.8, 4) is 11.6 Å². The molecule has 1 fully saturated rings. The Hall–Kier alpha value is -2.11. The van der Waals surface area contributed by atoms with Crippen molar-refractivity contribution in [2.75, 3.05) is 39.3 Å². The molecule has 3 rings (SSSR count). The van der Waals surface area contributed by atoms with Gasteiger partial charge >= 0.3 is 0 Å². The highest BCUT2D eigenvalue weighted by Gasteiger charge is 2.20. The molecule has 0 atom stereocenters. The van der Waals surface area contributed by atoms with Crippen LogP contribution in [0, 0.1) is 0 Å². The fourth-order valence-corrected chi connectivity index (χ4v) is 2.85. The number of aliphatic imine (C=N–C) groups is 1. The lowest BCUT2D eigenvalue weighted by molar-refractivity contribution is -0.130. The van der Waals surface area contributed by atoms with E-state index >= 15 is 0 Å². The summed E-state index contributed by atoms with van der Waals surface area (Å²) in [5.41, 5.74) is 0. The number of amides is 1. The maximum atomic E-state index is 11.5. The maximum Gasteiger partial charge on any atom is 0.219 e. The lowest BCUT2D eigenvalue weighted by Crippen LogP contribution is -2.53. The molecule has 2 aromatic rings. The second-order valence-corrected chi connectivity index (χ2v) is 6.06. The van der Waals surface area contributed by atoms with Crippen molar-refractivity contribution in [2.45, 2.75) is 20.3 Å². The fraction of sp³-hybridized carbons (Fsp3) is 0.529. The number of carbonyl (C=O) groups excluding carboxylic acids is 1. The number of hydrogen-bond acceptors (Lipinski definition) is 5. The van der Waals surface area contributed by atoms with E-state index in [1.807, 2.05) is 24.0 Å². The number of furan rings is 1. The first-order valence-electron chi connectivity index (χ1n) is 8.91. The van der Waals surface area contributed by atoms with E-state index in [-0.39, 0.29) is 29.9 Å². The third kappa shape index (κ3) is 5.68. The minimum absolute atomic E-state index is 0. The first kappa shape index (κ1) is 21.2. The first-order chi connectivity index (χ1) is 12.7. The molecular formula is C17H26IN7O2. The summed E-state index contributed by atoms with van der Waals surface area (Å²) >= 11 is 0. The molecule has 9 nitrogen and oxygen atoms in total. The lowest BCUT2D eigenvalue weighted by atomic mass is 10.3. The molecule has 1 aliphatic heterocycles. The van der Waals surface area contributed by atoms with Gasteiger partial charge in [0.1, 0.15) is 5.82 Å². The maximum absolute atomic E-state index is 11.5. The van der Waals surface area contributed by atoms with Crippen LogP contribution in [0.4, 0.5) is 0 Å². The summed E-state index contributed by atoms with van der Waals surface area (Å²) in [4.78, 5) is 24.6. The van der Waals surface area contributed by atoms with Crippen LogP contribution in [0.15, 0.2) is 27.8 Å². The zero-order valence-electron chi connectivity index (χ0n) is 15.6. The van der Waals surface area contributed by atoms with Crippen LogP contribution >= 0.6 is 24.0 Å². The molecule has 1 aliphatic rings. The molecule has 1 amide bonds. The molecule has 3 heterocycles. The van der Waals surface area contributed by atoms with Crippen LogP contribution in [0.2, 0.25) is 0 Å². The third-order valence-corrected chi connectivity index (χ3v) is 4.24. The van der Waals surface area contributed by atoms with Crippen molar-refractivity contribution in [1.82, 2.24) is 30.3 Å². The Labute approximate surface area is 175 Å². The van der Waals surface area contributed by atoms with E-state index in [4.69, 9.17) is 9.41 Å². The summed E-state index contributed by atoms with van der Waals surface area (Å²) in [6.45, 7) is 8.10. The molecular weight excluding hydrogens is 461 g/mol. The van der Waals surface area contributed by atoms with Crippen LogP contribution in [0.25, 0.3) is 11.6 Å². The van der Waals surface area contributed by atoms with Crippen LogP contribution in [-0.4, -0.2) is 76.1 Å². The number of halogens is 1. The Morgan fingerprint density at radius 3 is 2.70 bits per heavy atom. The number of H-pyrrole nitrogens is 1. The van der Waals surface area contributed by atoms with E-state index in [2.05, 4.69) is 25.4 Å². The average molecular weight is 487 g/mol. The smallest absolute Gasteiger partial charge is 0.219 e. The number of guanidine groups is 1. The SMILES string of the molecule is CCNC(=NCCc1nc(-c2ccco2)n[nH]1)N1CCN(C(C)=O)CC1.I. The van der Waals surface area contributed by atoms with E-state index in [9.17, 15) is 4.79 Å². The number of piperazine rings is 1. The molecule has 148 valence electrons. The molecule has 10 heteroatoms. The zero-order chi connectivity index (χ0) is 18.4. The highest BCUT2D eigenvalue weighted by Crippen LogP contribution is 2.14. The Bertz CT molecular complexity index is 736. The Balaban J connectivity index is 0.00000261. The van der Waals surface area contributed by atoms with Crippen molar-refractivity contribution in [3.05, 3.63) is 24.2 Å². The topological polar surface area (TPSA) is 103 Å². The van der Waals surface area contributed by atoms with Gasteiger partial charge in [-0.3, -0.25) is 14.9 Å². The normalized spacial score (nSPS) is 14.8. The van der Waals surface area contributed by atoms with E-state index in [0.717, 1.165) is 44.5 Å². The number of nitrogens with one attached hydrogen (secondary N) is 2. The quantitative estimate of drug-likeness (QED) is 0.375. The largest absolute Gasteiger partial charge is 0.461 e. The van der Waals surface area contributed by atoms with Crippen molar-refractivity contribution in [3.63, 3.8) is 0 Å². The molecule has 2 N–H and O–H groups in total. The van der Waals surface area contributed by atoms with Gasteiger partial charge in [-0.25, -0.2) is 4.98 Å². The summed E-state index contributed by atoms with van der Waals surface area (Å²) in [6.07, 6.45) is 2.26. The molecule has 0 aromatic carbocycles. The van der Waals surface area contributed by atoms with Crippen LogP contribution in [0.1, 0.15) is 19.7 Å². The monoisotopic (exact) mass is 487 g/mol. The number of hydrogen-bond donors (Lipinski definition) is 2. The first-order valence-corrected chi connectivity index (χ1v) is 8.91. The summed E-state index contributed by atoms with van der Waals surface area (Å²) in [5, 5.41) is 10.4. The highest BCUT2D eigenvalue weighted by atomic mass is 127. The van der Waals surface area contributed by atoms with Gasteiger partial charge in [0, 0.05) is 52.6 Å². The van der Waals surface area contributed by atoms with Gasteiger partial charge in [-0.2, -0.15) is 5.10 Å². The number of carbonyl (C=O) groups is 1. The van der Waals surface area contributed by atoms with E-state index in [0.29, 0.717) is 24.6 Å². The molecule has 0 saturated carbocycles. The number of aromatic nitrogens is 3. The van der Waals surface area contributed by atoms with Gasteiger partial charge in [0.2, 0.25) is 11.7 Å². The van der Waals surface area contributed by atoms with Gasteiger partial charge in [0.05, 0.1) is 6.26 Å². The molecule has 0 aliphatic carbocycles. The minimum Gasteiger partial charge on any atom is -0.461 e. The summed E-state index contributed by atoms with van der Waals surface area (Å²) in [5.74, 6) is 2.98.